The maximum absolute atomic E-state index is 13.3. The van der Waals surface area contributed by atoms with Gasteiger partial charge < -0.3 is 10.5 Å². The van der Waals surface area contributed by atoms with Gasteiger partial charge in [0.15, 0.2) is 0 Å². The highest BCUT2D eigenvalue weighted by Gasteiger charge is 2.09. The maximum Gasteiger partial charge on any atom is 0.142 e. The van der Waals surface area contributed by atoms with Crippen LogP contribution >= 0.6 is 11.6 Å². The summed E-state index contributed by atoms with van der Waals surface area (Å²) in [6, 6.07) is 8.37. The third-order valence-corrected chi connectivity index (χ3v) is 3.29. The molecule has 2 aromatic rings. The standard InChI is InChI=1S/C15H16ClFN2O/c1-10-5-6-14(13(19-10)7-8-18)20-9-11-3-2-4-12(17)15(11)16/h2-6H,7-9,18H2,1H3. The number of pyridine rings is 1. The molecule has 3 nitrogen and oxygen atoms in total. The van der Waals surface area contributed by atoms with Crippen LogP contribution in [-0.4, -0.2) is 11.5 Å². The van der Waals surface area contributed by atoms with Gasteiger partial charge in [-0.05, 0) is 31.7 Å². The second-order valence-corrected chi connectivity index (χ2v) is 4.82. The fourth-order valence-electron chi connectivity index (χ4n) is 1.86. The molecule has 0 radical (unpaired) electrons. The van der Waals surface area contributed by atoms with Gasteiger partial charge in [0.1, 0.15) is 18.2 Å². The van der Waals surface area contributed by atoms with E-state index in [0.717, 1.165) is 11.4 Å². The van der Waals surface area contributed by atoms with Crippen molar-refractivity contribution in [3.63, 3.8) is 0 Å². The quantitative estimate of drug-likeness (QED) is 0.921. The first kappa shape index (κ1) is 14.8. The van der Waals surface area contributed by atoms with Gasteiger partial charge in [0.25, 0.3) is 0 Å². The van der Waals surface area contributed by atoms with E-state index in [1.165, 1.54) is 6.07 Å². The molecule has 0 aliphatic heterocycles. The van der Waals surface area contributed by atoms with Crippen LogP contribution in [0, 0.1) is 12.7 Å². The van der Waals surface area contributed by atoms with Crippen LogP contribution in [0.2, 0.25) is 5.02 Å². The zero-order chi connectivity index (χ0) is 14.5. The lowest BCUT2D eigenvalue weighted by Gasteiger charge is -2.12. The van der Waals surface area contributed by atoms with Crippen molar-refractivity contribution in [1.82, 2.24) is 4.98 Å². The number of hydrogen-bond donors (Lipinski definition) is 1. The lowest BCUT2D eigenvalue weighted by molar-refractivity contribution is 0.300. The van der Waals surface area contributed by atoms with Crippen LogP contribution in [0.5, 0.6) is 5.75 Å². The molecule has 0 atom stereocenters. The third kappa shape index (κ3) is 3.46. The van der Waals surface area contributed by atoms with Crippen LogP contribution in [0.25, 0.3) is 0 Å². The number of halogens is 2. The molecule has 2 rings (SSSR count). The molecule has 0 unspecified atom stereocenters. The summed E-state index contributed by atoms with van der Waals surface area (Å²) in [5, 5.41) is 0.0907. The van der Waals surface area contributed by atoms with E-state index in [4.69, 9.17) is 22.1 Å². The minimum Gasteiger partial charge on any atom is -0.487 e. The minimum atomic E-state index is -0.447. The Hall–Kier alpha value is -1.65. The van der Waals surface area contributed by atoms with E-state index in [-0.39, 0.29) is 11.6 Å². The van der Waals surface area contributed by atoms with Crippen molar-refractivity contribution in [3.8, 4) is 5.75 Å². The Kier molecular flexibility index (Phi) is 4.93. The van der Waals surface area contributed by atoms with Gasteiger partial charge in [0.2, 0.25) is 0 Å². The summed E-state index contributed by atoms with van der Waals surface area (Å²) >= 11 is 5.90. The van der Waals surface area contributed by atoms with Gasteiger partial charge >= 0.3 is 0 Å². The van der Waals surface area contributed by atoms with Gasteiger partial charge in [-0.15, -0.1) is 0 Å². The van der Waals surface area contributed by atoms with Crippen LogP contribution in [-0.2, 0) is 13.0 Å². The van der Waals surface area contributed by atoms with Crippen LogP contribution in [0.4, 0.5) is 4.39 Å². The molecule has 1 aromatic carbocycles. The normalized spacial score (nSPS) is 10.6. The molecule has 0 saturated heterocycles. The summed E-state index contributed by atoms with van der Waals surface area (Å²) in [5.74, 6) is 0.207. The molecule has 0 amide bonds. The molecule has 20 heavy (non-hydrogen) atoms. The zero-order valence-electron chi connectivity index (χ0n) is 11.2. The van der Waals surface area contributed by atoms with Crippen LogP contribution in [0.15, 0.2) is 30.3 Å². The first-order valence-corrected chi connectivity index (χ1v) is 6.72. The van der Waals surface area contributed by atoms with Gasteiger partial charge in [-0.2, -0.15) is 0 Å². The summed E-state index contributed by atoms with van der Waals surface area (Å²) in [5.41, 5.74) is 7.88. The summed E-state index contributed by atoms with van der Waals surface area (Å²) < 4.78 is 19.0. The number of nitrogens with zero attached hydrogens (tertiary/aromatic N) is 1. The predicted octanol–water partition coefficient (Wildman–Crippen LogP) is 3.26. The van der Waals surface area contributed by atoms with E-state index in [0.29, 0.717) is 24.3 Å². The van der Waals surface area contributed by atoms with Crippen LogP contribution in [0.3, 0.4) is 0 Å². The highest BCUT2D eigenvalue weighted by atomic mass is 35.5. The molecule has 5 heteroatoms. The fraction of sp³-hybridized carbons (Fsp3) is 0.267. The summed E-state index contributed by atoms with van der Waals surface area (Å²) in [6.07, 6.45) is 0.633. The Morgan fingerprint density at radius 1 is 1.30 bits per heavy atom. The predicted molar refractivity (Wildman–Crippen MR) is 77.5 cm³/mol. The van der Waals surface area contributed by atoms with Crippen molar-refractivity contribution in [3.05, 3.63) is 58.1 Å². The number of ether oxygens (including phenoxy) is 1. The number of aryl methyl sites for hydroxylation is 1. The monoisotopic (exact) mass is 294 g/mol. The molecule has 0 aliphatic rings. The molecule has 0 bridgehead atoms. The average molecular weight is 295 g/mol. The Labute approximate surface area is 122 Å². The summed E-state index contributed by atoms with van der Waals surface area (Å²) in [7, 11) is 0. The molecule has 2 N–H and O–H groups in total. The lowest BCUT2D eigenvalue weighted by atomic mass is 10.2. The first-order valence-electron chi connectivity index (χ1n) is 6.34. The summed E-state index contributed by atoms with van der Waals surface area (Å²) in [4.78, 5) is 4.40. The van der Waals surface area contributed by atoms with Gasteiger partial charge in [-0.25, -0.2) is 4.39 Å². The van der Waals surface area contributed by atoms with Gasteiger partial charge in [0, 0.05) is 17.7 Å². The number of rotatable bonds is 5. The van der Waals surface area contributed by atoms with E-state index in [9.17, 15) is 4.39 Å². The van der Waals surface area contributed by atoms with E-state index in [1.807, 2.05) is 19.1 Å². The highest BCUT2D eigenvalue weighted by Crippen LogP contribution is 2.23. The molecular weight excluding hydrogens is 279 g/mol. The topological polar surface area (TPSA) is 48.1 Å². The average Bonchev–Trinajstić information content (AvgIpc) is 2.42. The Morgan fingerprint density at radius 2 is 2.10 bits per heavy atom. The largest absolute Gasteiger partial charge is 0.487 e. The third-order valence-electron chi connectivity index (χ3n) is 2.87. The van der Waals surface area contributed by atoms with Crippen molar-refractivity contribution in [2.75, 3.05) is 6.54 Å². The number of nitrogens with two attached hydrogens (primary N) is 1. The second-order valence-electron chi connectivity index (χ2n) is 4.44. The molecule has 1 heterocycles. The molecule has 0 aliphatic carbocycles. The van der Waals surface area contributed by atoms with Crippen LogP contribution < -0.4 is 10.5 Å². The molecular formula is C15H16ClFN2O. The van der Waals surface area contributed by atoms with Gasteiger partial charge in [-0.1, -0.05) is 23.7 Å². The number of aromatic nitrogens is 1. The molecule has 0 spiro atoms. The van der Waals surface area contributed by atoms with Crippen molar-refractivity contribution < 1.29 is 9.13 Å². The Morgan fingerprint density at radius 3 is 2.85 bits per heavy atom. The SMILES string of the molecule is Cc1ccc(OCc2cccc(F)c2Cl)c(CCN)n1. The van der Waals surface area contributed by atoms with Gasteiger partial charge in [-0.3, -0.25) is 4.98 Å². The molecule has 1 aromatic heterocycles. The molecule has 0 saturated carbocycles. The summed E-state index contributed by atoms with van der Waals surface area (Å²) in [6.45, 7) is 2.60. The molecule has 0 fully saturated rings. The van der Waals surface area contributed by atoms with E-state index in [2.05, 4.69) is 4.98 Å². The van der Waals surface area contributed by atoms with Crippen molar-refractivity contribution in [2.24, 2.45) is 5.73 Å². The van der Waals surface area contributed by atoms with E-state index in [1.54, 1.807) is 12.1 Å². The van der Waals surface area contributed by atoms with E-state index < -0.39 is 5.82 Å². The molecule has 106 valence electrons. The second kappa shape index (κ2) is 6.68. The fourth-order valence-corrected chi connectivity index (χ4v) is 2.04. The van der Waals surface area contributed by atoms with Crippen molar-refractivity contribution in [2.45, 2.75) is 20.0 Å². The highest BCUT2D eigenvalue weighted by molar-refractivity contribution is 6.31. The number of benzene rings is 1. The lowest BCUT2D eigenvalue weighted by Crippen LogP contribution is -2.08. The van der Waals surface area contributed by atoms with Gasteiger partial charge in [0.05, 0.1) is 10.7 Å². The Bertz CT molecular complexity index is 604. The van der Waals surface area contributed by atoms with Crippen molar-refractivity contribution in [1.29, 1.82) is 0 Å². The van der Waals surface area contributed by atoms with E-state index >= 15 is 0 Å². The minimum absolute atomic E-state index is 0.0907. The number of hydrogen-bond acceptors (Lipinski definition) is 3. The van der Waals surface area contributed by atoms with Crippen LogP contribution in [0.1, 0.15) is 17.0 Å². The zero-order valence-corrected chi connectivity index (χ0v) is 12.0. The first-order chi connectivity index (χ1) is 9.61. The van der Waals surface area contributed by atoms with Crippen molar-refractivity contribution >= 4 is 11.6 Å². The maximum atomic E-state index is 13.3. The Balaban J connectivity index is 2.16. The smallest absolute Gasteiger partial charge is 0.142 e.